The van der Waals surface area contributed by atoms with Crippen LogP contribution in [0.25, 0.3) is 0 Å². The summed E-state index contributed by atoms with van der Waals surface area (Å²) in [4.78, 5) is 11.7. The van der Waals surface area contributed by atoms with Crippen LogP contribution in [0.1, 0.15) is 39.0 Å². The Balaban J connectivity index is 2.30. The number of hydrogen-bond acceptors (Lipinski definition) is 4. The lowest BCUT2D eigenvalue weighted by Crippen LogP contribution is -2.16. The molecule has 0 heterocycles. The predicted octanol–water partition coefficient (Wildman–Crippen LogP) is 2.59. The number of benzene rings is 1. The van der Waals surface area contributed by atoms with Crippen LogP contribution < -0.4 is 11.1 Å². The monoisotopic (exact) mass is 312 g/mol. The van der Waals surface area contributed by atoms with Crippen molar-refractivity contribution < 1.29 is 13.2 Å². The molecule has 5 nitrogen and oxygen atoms in total. The Morgan fingerprint density at radius 1 is 1.19 bits per heavy atom. The maximum Gasteiger partial charge on any atom is 0.224 e. The summed E-state index contributed by atoms with van der Waals surface area (Å²) in [5.74, 6) is 0.100. The first-order valence-electron chi connectivity index (χ1n) is 7.29. The molecule has 0 aliphatic carbocycles. The van der Waals surface area contributed by atoms with Crippen molar-refractivity contribution in [1.29, 1.82) is 0 Å². The molecule has 118 valence electrons. The number of nitrogens with one attached hydrogen (secondary N) is 1. The van der Waals surface area contributed by atoms with E-state index in [2.05, 4.69) is 5.32 Å². The molecule has 1 rings (SSSR count). The number of nitrogens with two attached hydrogens (primary N) is 1. The van der Waals surface area contributed by atoms with Crippen molar-refractivity contribution in [3.05, 3.63) is 24.3 Å². The Morgan fingerprint density at radius 2 is 1.90 bits per heavy atom. The standard InChI is InChI=1S/C15H24N2O3S/c1-2-3-4-10-21(19,20)11-6-9-15(18)17-14-8-5-7-13(16)12-14/h5,7-8,12H,2-4,6,9-11,16H2,1H3,(H,17,18). The molecule has 1 aromatic carbocycles. The van der Waals surface area contributed by atoms with E-state index < -0.39 is 9.84 Å². The molecule has 0 aliphatic heterocycles. The number of rotatable bonds is 9. The van der Waals surface area contributed by atoms with Crippen LogP contribution in [0.3, 0.4) is 0 Å². The van der Waals surface area contributed by atoms with Gasteiger partial charge in [-0.15, -0.1) is 0 Å². The van der Waals surface area contributed by atoms with Gasteiger partial charge in [-0.2, -0.15) is 0 Å². The average molecular weight is 312 g/mol. The second-order valence-electron chi connectivity index (χ2n) is 5.14. The molecule has 0 fully saturated rings. The van der Waals surface area contributed by atoms with Crippen LogP contribution in [0.2, 0.25) is 0 Å². The van der Waals surface area contributed by atoms with Gasteiger partial charge in [0.2, 0.25) is 5.91 Å². The molecule has 0 bridgehead atoms. The van der Waals surface area contributed by atoms with E-state index in [0.29, 0.717) is 24.2 Å². The molecule has 0 unspecified atom stereocenters. The van der Waals surface area contributed by atoms with Gasteiger partial charge in [0.05, 0.1) is 11.5 Å². The van der Waals surface area contributed by atoms with Crippen LogP contribution in [-0.4, -0.2) is 25.8 Å². The van der Waals surface area contributed by atoms with Crippen molar-refractivity contribution in [2.75, 3.05) is 22.6 Å². The number of carbonyl (C=O) groups is 1. The molecule has 0 saturated carbocycles. The summed E-state index contributed by atoms with van der Waals surface area (Å²) in [6, 6.07) is 6.90. The third kappa shape index (κ3) is 7.70. The van der Waals surface area contributed by atoms with Crippen LogP contribution in [0.15, 0.2) is 24.3 Å². The zero-order chi connectivity index (χ0) is 15.7. The zero-order valence-electron chi connectivity index (χ0n) is 12.5. The SMILES string of the molecule is CCCCCS(=O)(=O)CCCC(=O)Nc1cccc(N)c1. The van der Waals surface area contributed by atoms with Crippen LogP contribution in [-0.2, 0) is 14.6 Å². The van der Waals surface area contributed by atoms with Crippen molar-refractivity contribution >= 4 is 27.1 Å². The molecule has 1 amide bonds. The summed E-state index contributed by atoms with van der Waals surface area (Å²) in [7, 11) is -3.03. The van der Waals surface area contributed by atoms with Gasteiger partial charge in [0, 0.05) is 17.8 Å². The Bertz CT molecular complexity index is 556. The van der Waals surface area contributed by atoms with Gasteiger partial charge >= 0.3 is 0 Å². The van der Waals surface area contributed by atoms with E-state index >= 15 is 0 Å². The summed E-state index contributed by atoms with van der Waals surface area (Å²) >= 11 is 0. The van der Waals surface area contributed by atoms with Crippen LogP contribution >= 0.6 is 0 Å². The van der Waals surface area contributed by atoms with Crippen molar-refractivity contribution in [3.63, 3.8) is 0 Å². The molecular formula is C15H24N2O3S. The van der Waals surface area contributed by atoms with Gasteiger partial charge in [-0.3, -0.25) is 4.79 Å². The fraction of sp³-hybridized carbons (Fsp3) is 0.533. The Labute approximate surface area is 126 Å². The summed E-state index contributed by atoms with van der Waals surface area (Å²) in [6.45, 7) is 2.04. The normalized spacial score (nSPS) is 11.3. The molecule has 0 aliphatic rings. The first-order valence-corrected chi connectivity index (χ1v) is 9.11. The van der Waals surface area contributed by atoms with Crippen LogP contribution in [0.4, 0.5) is 11.4 Å². The molecule has 0 atom stereocenters. The third-order valence-electron chi connectivity index (χ3n) is 3.09. The highest BCUT2D eigenvalue weighted by Gasteiger charge is 2.11. The summed E-state index contributed by atoms with van der Waals surface area (Å²) in [6.07, 6.45) is 3.17. The number of unbranched alkanes of at least 4 members (excludes halogenated alkanes) is 2. The topological polar surface area (TPSA) is 89.3 Å². The zero-order valence-corrected chi connectivity index (χ0v) is 13.3. The van der Waals surface area contributed by atoms with Crippen molar-refractivity contribution in [1.82, 2.24) is 0 Å². The molecule has 21 heavy (non-hydrogen) atoms. The van der Waals surface area contributed by atoms with E-state index in [1.807, 2.05) is 6.92 Å². The lowest BCUT2D eigenvalue weighted by molar-refractivity contribution is -0.116. The highest BCUT2D eigenvalue weighted by molar-refractivity contribution is 7.91. The van der Waals surface area contributed by atoms with Gasteiger partial charge in [-0.1, -0.05) is 25.8 Å². The number of sulfone groups is 1. The molecule has 6 heteroatoms. The second kappa shape index (κ2) is 8.67. The Hall–Kier alpha value is -1.56. The van der Waals surface area contributed by atoms with Crippen molar-refractivity contribution in [2.24, 2.45) is 0 Å². The number of amides is 1. The molecule has 0 aromatic heterocycles. The third-order valence-corrected chi connectivity index (χ3v) is 4.91. The lowest BCUT2D eigenvalue weighted by Gasteiger charge is -2.06. The van der Waals surface area contributed by atoms with E-state index in [4.69, 9.17) is 5.73 Å². The highest BCUT2D eigenvalue weighted by Crippen LogP contribution is 2.12. The molecule has 0 saturated heterocycles. The largest absolute Gasteiger partial charge is 0.399 e. The maximum atomic E-state index is 11.7. The first-order chi connectivity index (χ1) is 9.93. The summed E-state index contributed by atoms with van der Waals surface area (Å²) < 4.78 is 23.5. The molecule has 0 spiro atoms. The van der Waals surface area contributed by atoms with Crippen LogP contribution in [0.5, 0.6) is 0 Å². The number of nitrogen functional groups attached to an aromatic ring is 1. The van der Waals surface area contributed by atoms with Crippen LogP contribution in [0, 0.1) is 0 Å². The minimum atomic E-state index is -3.03. The number of anilines is 2. The van der Waals surface area contributed by atoms with Gasteiger partial charge in [0.15, 0.2) is 0 Å². The molecule has 0 radical (unpaired) electrons. The predicted molar refractivity (Wildman–Crippen MR) is 86.9 cm³/mol. The van der Waals surface area contributed by atoms with E-state index in [1.54, 1.807) is 24.3 Å². The van der Waals surface area contributed by atoms with Gasteiger partial charge in [0.1, 0.15) is 9.84 Å². The Morgan fingerprint density at radius 3 is 2.57 bits per heavy atom. The van der Waals surface area contributed by atoms with E-state index in [-0.39, 0.29) is 23.8 Å². The van der Waals surface area contributed by atoms with E-state index in [0.717, 1.165) is 12.8 Å². The van der Waals surface area contributed by atoms with Gasteiger partial charge < -0.3 is 11.1 Å². The van der Waals surface area contributed by atoms with Crippen molar-refractivity contribution in [3.8, 4) is 0 Å². The summed E-state index contributed by atoms with van der Waals surface area (Å²) in [5, 5.41) is 2.71. The molecule has 3 N–H and O–H groups in total. The number of hydrogen-bond donors (Lipinski definition) is 2. The quantitative estimate of drug-likeness (QED) is 0.542. The average Bonchev–Trinajstić information content (AvgIpc) is 2.38. The first kappa shape index (κ1) is 17.5. The van der Waals surface area contributed by atoms with Gasteiger partial charge in [0.25, 0.3) is 0 Å². The highest BCUT2D eigenvalue weighted by atomic mass is 32.2. The van der Waals surface area contributed by atoms with Gasteiger partial charge in [-0.05, 0) is 31.0 Å². The van der Waals surface area contributed by atoms with Gasteiger partial charge in [-0.25, -0.2) is 8.42 Å². The lowest BCUT2D eigenvalue weighted by atomic mass is 10.2. The van der Waals surface area contributed by atoms with E-state index in [1.165, 1.54) is 0 Å². The van der Waals surface area contributed by atoms with E-state index in [9.17, 15) is 13.2 Å². The minimum Gasteiger partial charge on any atom is -0.399 e. The summed E-state index contributed by atoms with van der Waals surface area (Å²) in [5.41, 5.74) is 6.82. The fourth-order valence-electron chi connectivity index (χ4n) is 1.97. The fourth-order valence-corrected chi connectivity index (χ4v) is 3.40. The van der Waals surface area contributed by atoms with Crippen molar-refractivity contribution in [2.45, 2.75) is 39.0 Å². The second-order valence-corrected chi connectivity index (χ2v) is 7.44. The molecular weight excluding hydrogens is 288 g/mol. The number of carbonyl (C=O) groups excluding carboxylic acids is 1. The minimum absolute atomic E-state index is 0.0705. The Kier molecular flexibility index (Phi) is 7.22. The molecule has 1 aromatic rings. The smallest absolute Gasteiger partial charge is 0.224 e. The maximum absolute atomic E-state index is 11.7.